The maximum Gasteiger partial charge on any atom is 0.244 e. The van der Waals surface area contributed by atoms with Crippen LogP contribution < -0.4 is 9.62 Å². The molecule has 7 nitrogen and oxygen atoms in total. The van der Waals surface area contributed by atoms with E-state index < -0.39 is 34.3 Å². The summed E-state index contributed by atoms with van der Waals surface area (Å²) in [5.74, 6) is -1.06. The predicted octanol–water partition coefficient (Wildman–Crippen LogP) is 3.93. The maximum absolute atomic E-state index is 13.5. The molecule has 0 bridgehead atoms. The Labute approximate surface area is 209 Å². The first-order chi connectivity index (χ1) is 15.9. The van der Waals surface area contributed by atoms with Gasteiger partial charge in [-0.05, 0) is 58.1 Å². The Balaban J connectivity index is 2.42. The fraction of sp³-hybridized carbons (Fsp3) is 0.417. The highest BCUT2D eigenvalue weighted by molar-refractivity contribution is 9.10. The third kappa shape index (κ3) is 7.80. The number of hydrogen-bond donors (Lipinski definition) is 1. The van der Waals surface area contributed by atoms with Crippen LogP contribution >= 0.6 is 15.9 Å². The van der Waals surface area contributed by atoms with E-state index in [0.29, 0.717) is 28.7 Å². The summed E-state index contributed by atoms with van der Waals surface area (Å²) >= 11 is 3.35. The third-order valence-electron chi connectivity index (χ3n) is 5.14. The SMILES string of the molecule is CC[C@@H](C(=O)NCC(C)C)N(Cc1ccc(F)cc1)C(=O)CN(c1ccccc1Br)S(C)(=O)=O. The molecule has 2 aromatic rings. The molecule has 2 aromatic carbocycles. The lowest BCUT2D eigenvalue weighted by molar-refractivity contribution is -0.140. The van der Waals surface area contributed by atoms with E-state index in [1.54, 1.807) is 31.2 Å². The number of rotatable bonds is 11. The topological polar surface area (TPSA) is 86.8 Å². The van der Waals surface area contributed by atoms with Crippen LogP contribution in [0.4, 0.5) is 10.1 Å². The van der Waals surface area contributed by atoms with Crippen molar-refractivity contribution in [3.63, 3.8) is 0 Å². The lowest BCUT2D eigenvalue weighted by atomic mass is 10.1. The van der Waals surface area contributed by atoms with Gasteiger partial charge in [0.05, 0.1) is 11.9 Å². The van der Waals surface area contributed by atoms with Gasteiger partial charge in [0.15, 0.2) is 0 Å². The molecule has 10 heteroatoms. The standard InChI is InChI=1S/C24H31BrFN3O4S/c1-5-21(24(31)27-14-17(2)3)28(15-18-10-12-19(26)13-11-18)23(30)16-29(34(4,32)33)22-9-7-6-8-20(22)25/h6-13,17,21H,5,14-16H2,1-4H3,(H,27,31)/t21-/m0/s1. The zero-order chi connectivity index (χ0) is 25.5. The lowest BCUT2D eigenvalue weighted by Gasteiger charge is -2.33. The number of anilines is 1. The first kappa shape index (κ1) is 27.8. The van der Waals surface area contributed by atoms with Crippen LogP contribution in [0.5, 0.6) is 0 Å². The second-order valence-corrected chi connectivity index (χ2v) is 11.2. The van der Waals surface area contributed by atoms with Gasteiger partial charge in [-0.2, -0.15) is 0 Å². The van der Waals surface area contributed by atoms with Crippen molar-refractivity contribution in [3.8, 4) is 0 Å². The number of carbonyl (C=O) groups is 2. The summed E-state index contributed by atoms with van der Waals surface area (Å²) in [4.78, 5) is 27.9. The first-order valence-electron chi connectivity index (χ1n) is 11.0. The number of benzene rings is 2. The Morgan fingerprint density at radius 2 is 1.71 bits per heavy atom. The molecule has 0 aromatic heterocycles. The molecule has 0 saturated heterocycles. The van der Waals surface area contributed by atoms with Crippen molar-refractivity contribution in [1.82, 2.24) is 10.2 Å². The van der Waals surface area contributed by atoms with Crippen molar-refractivity contribution in [2.24, 2.45) is 5.92 Å². The van der Waals surface area contributed by atoms with E-state index >= 15 is 0 Å². The number of hydrogen-bond acceptors (Lipinski definition) is 4. The summed E-state index contributed by atoms with van der Waals surface area (Å²) < 4.78 is 40.1. The van der Waals surface area contributed by atoms with Crippen LogP contribution in [0.15, 0.2) is 53.0 Å². The predicted molar refractivity (Wildman–Crippen MR) is 135 cm³/mol. The average molecular weight is 556 g/mol. The fourth-order valence-electron chi connectivity index (χ4n) is 3.38. The van der Waals surface area contributed by atoms with Crippen LogP contribution in [0.2, 0.25) is 0 Å². The molecule has 0 spiro atoms. The Kier molecular flexibility index (Phi) is 10.1. The number of nitrogens with zero attached hydrogens (tertiary/aromatic N) is 2. The van der Waals surface area contributed by atoms with Gasteiger partial charge >= 0.3 is 0 Å². The summed E-state index contributed by atoms with van der Waals surface area (Å²) in [5, 5.41) is 2.86. The molecule has 0 aliphatic carbocycles. The Bertz CT molecular complexity index is 1090. The van der Waals surface area contributed by atoms with Crippen molar-refractivity contribution in [3.05, 3.63) is 64.4 Å². The smallest absolute Gasteiger partial charge is 0.244 e. The van der Waals surface area contributed by atoms with E-state index in [4.69, 9.17) is 0 Å². The van der Waals surface area contributed by atoms with Crippen molar-refractivity contribution in [2.45, 2.75) is 39.8 Å². The van der Waals surface area contributed by atoms with Crippen LogP contribution in [-0.2, 0) is 26.2 Å². The van der Waals surface area contributed by atoms with Crippen molar-refractivity contribution < 1.29 is 22.4 Å². The van der Waals surface area contributed by atoms with Gasteiger partial charge in [0.2, 0.25) is 21.8 Å². The molecule has 1 atom stereocenters. The molecule has 0 saturated carbocycles. The van der Waals surface area contributed by atoms with Gasteiger partial charge < -0.3 is 10.2 Å². The second kappa shape index (κ2) is 12.3. The van der Waals surface area contributed by atoms with Crippen LogP contribution in [0.3, 0.4) is 0 Å². The molecule has 2 rings (SSSR count). The zero-order valence-electron chi connectivity index (χ0n) is 19.8. The minimum Gasteiger partial charge on any atom is -0.354 e. The normalized spacial score (nSPS) is 12.3. The van der Waals surface area contributed by atoms with E-state index in [1.165, 1.54) is 29.2 Å². The molecule has 34 heavy (non-hydrogen) atoms. The number of halogens is 2. The number of sulfonamides is 1. The summed E-state index contributed by atoms with van der Waals surface area (Å²) in [6.45, 7) is 5.69. The minimum atomic E-state index is -3.82. The molecule has 0 radical (unpaired) electrons. The van der Waals surface area contributed by atoms with Gasteiger partial charge in [-0.1, -0.05) is 45.0 Å². The molecule has 0 unspecified atom stereocenters. The van der Waals surface area contributed by atoms with Crippen LogP contribution in [0, 0.1) is 11.7 Å². The quantitative estimate of drug-likeness (QED) is 0.455. The fourth-order valence-corrected chi connectivity index (χ4v) is 4.85. The van der Waals surface area contributed by atoms with E-state index in [-0.39, 0.29) is 18.4 Å². The molecule has 0 aliphatic rings. The monoisotopic (exact) mass is 555 g/mol. The molecule has 0 aliphatic heterocycles. The van der Waals surface area contributed by atoms with Gasteiger partial charge in [-0.25, -0.2) is 12.8 Å². The molecule has 2 amide bonds. The first-order valence-corrected chi connectivity index (χ1v) is 13.6. The van der Waals surface area contributed by atoms with Gasteiger partial charge in [-0.15, -0.1) is 0 Å². The molecule has 0 heterocycles. The second-order valence-electron chi connectivity index (χ2n) is 8.43. The van der Waals surface area contributed by atoms with Crippen molar-refractivity contribution in [2.75, 3.05) is 23.7 Å². The molecule has 186 valence electrons. The van der Waals surface area contributed by atoms with Crippen molar-refractivity contribution in [1.29, 1.82) is 0 Å². The maximum atomic E-state index is 13.5. The van der Waals surface area contributed by atoms with Gasteiger partial charge in [0.25, 0.3) is 0 Å². The van der Waals surface area contributed by atoms with Crippen LogP contribution in [-0.4, -0.2) is 50.5 Å². The summed E-state index contributed by atoms with van der Waals surface area (Å²) in [6, 6.07) is 11.5. The Morgan fingerprint density at radius 3 is 2.24 bits per heavy atom. The molecular formula is C24H31BrFN3O4S. The van der Waals surface area contributed by atoms with Gasteiger partial charge in [-0.3, -0.25) is 13.9 Å². The highest BCUT2D eigenvalue weighted by Gasteiger charge is 2.32. The Hall–Kier alpha value is -2.46. The van der Waals surface area contributed by atoms with Crippen molar-refractivity contribution >= 4 is 43.5 Å². The minimum absolute atomic E-state index is 0.0281. The Morgan fingerprint density at radius 1 is 1.09 bits per heavy atom. The highest BCUT2D eigenvalue weighted by atomic mass is 79.9. The lowest BCUT2D eigenvalue weighted by Crippen LogP contribution is -2.52. The summed E-state index contributed by atoms with van der Waals surface area (Å²) in [6.07, 6.45) is 1.35. The number of para-hydroxylation sites is 1. The van der Waals surface area contributed by atoms with Gasteiger partial charge in [0, 0.05) is 17.6 Å². The number of amides is 2. The van der Waals surface area contributed by atoms with Crippen LogP contribution in [0.1, 0.15) is 32.8 Å². The number of carbonyl (C=O) groups excluding carboxylic acids is 2. The highest BCUT2D eigenvalue weighted by Crippen LogP contribution is 2.28. The zero-order valence-corrected chi connectivity index (χ0v) is 22.2. The van der Waals surface area contributed by atoms with Crippen LogP contribution in [0.25, 0.3) is 0 Å². The number of nitrogens with one attached hydrogen (secondary N) is 1. The van der Waals surface area contributed by atoms with E-state index in [2.05, 4.69) is 21.2 Å². The largest absolute Gasteiger partial charge is 0.354 e. The average Bonchev–Trinajstić information content (AvgIpc) is 2.77. The summed E-state index contributed by atoms with van der Waals surface area (Å²) in [7, 11) is -3.82. The van der Waals surface area contributed by atoms with E-state index in [9.17, 15) is 22.4 Å². The van der Waals surface area contributed by atoms with Gasteiger partial charge in [0.1, 0.15) is 18.4 Å². The van der Waals surface area contributed by atoms with E-state index in [0.717, 1.165) is 10.6 Å². The molecule has 1 N–H and O–H groups in total. The summed E-state index contributed by atoms with van der Waals surface area (Å²) in [5.41, 5.74) is 0.939. The third-order valence-corrected chi connectivity index (χ3v) is 6.93. The molecular weight excluding hydrogens is 525 g/mol. The van der Waals surface area contributed by atoms with E-state index in [1.807, 2.05) is 13.8 Å². The molecule has 0 fully saturated rings.